The van der Waals surface area contributed by atoms with Crippen LogP contribution in [0.3, 0.4) is 0 Å². The van der Waals surface area contributed by atoms with Gasteiger partial charge in [-0.2, -0.15) is 0 Å². The lowest BCUT2D eigenvalue weighted by molar-refractivity contribution is -0.128. The molecule has 0 saturated carbocycles. The molecule has 0 radical (unpaired) electrons. The van der Waals surface area contributed by atoms with Crippen molar-refractivity contribution >= 4 is 23.8 Å². The summed E-state index contributed by atoms with van der Waals surface area (Å²) in [5.41, 5.74) is 5.06. The van der Waals surface area contributed by atoms with Crippen molar-refractivity contribution in [2.24, 2.45) is 5.73 Å². The van der Waals surface area contributed by atoms with E-state index in [0.29, 0.717) is 0 Å². The van der Waals surface area contributed by atoms with Gasteiger partial charge in [-0.15, -0.1) is 0 Å². The number of hydrogen-bond donors (Lipinski definition) is 3. The minimum Gasteiger partial charge on any atom is -0.493 e. The molecule has 11 nitrogen and oxygen atoms in total. The van der Waals surface area contributed by atoms with E-state index in [9.17, 15) is 19.2 Å². The van der Waals surface area contributed by atoms with Crippen molar-refractivity contribution in [3.05, 3.63) is 17.7 Å². The lowest BCUT2D eigenvalue weighted by Crippen LogP contribution is -2.46. The first-order valence-electron chi connectivity index (χ1n) is 8.58. The van der Waals surface area contributed by atoms with Crippen LogP contribution in [-0.4, -0.2) is 56.8 Å². The van der Waals surface area contributed by atoms with E-state index >= 15 is 0 Å². The summed E-state index contributed by atoms with van der Waals surface area (Å²) >= 11 is 0. The van der Waals surface area contributed by atoms with Crippen molar-refractivity contribution in [3.63, 3.8) is 0 Å². The van der Waals surface area contributed by atoms with E-state index in [1.54, 1.807) is 13.8 Å². The van der Waals surface area contributed by atoms with Gasteiger partial charge in [-0.1, -0.05) is 0 Å². The second kappa shape index (κ2) is 10.7. The number of benzene rings is 1. The molecule has 4 amide bonds. The molecule has 0 fully saturated rings. The number of urea groups is 1. The van der Waals surface area contributed by atoms with Crippen LogP contribution in [0.5, 0.6) is 17.2 Å². The van der Waals surface area contributed by atoms with Crippen LogP contribution in [0.25, 0.3) is 0 Å². The van der Waals surface area contributed by atoms with Gasteiger partial charge in [-0.3, -0.25) is 14.9 Å². The zero-order chi connectivity index (χ0) is 22.1. The van der Waals surface area contributed by atoms with Crippen molar-refractivity contribution in [2.75, 3.05) is 20.8 Å². The number of methoxy groups -OCH3 is 2. The van der Waals surface area contributed by atoms with Gasteiger partial charge in [0.1, 0.15) is 0 Å². The summed E-state index contributed by atoms with van der Waals surface area (Å²) in [5.74, 6) is -2.12. The minimum atomic E-state index is -1.25. The predicted octanol–water partition coefficient (Wildman–Crippen LogP) is 0.347. The van der Waals surface area contributed by atoms with E-state index in [2.05, 4.69) is 10.6 Å². The molecule has 0 aromatic heterocycles. The molecule has 1 unspecified atom stereocenters. The van der Waals surface area contributed by atoms with E-state index in [1.807, 2.05) is 0 Å². The Kier molecular flexibility index (Phi) is 8.71. The van der Waals surface area contributed by atoms with E-state index < -0.39 is 36.5 Å². The summed E-state index contributed by atoms with van der Waals surface area (Å²) < 4.78 is 20.7. The number of hydrogen-bond acceptors (Lipinski definition) is 8. The Morgan fingerprint density at radius 1 is 1.03 bits per heavy atom. The maximum absolute atomic E-state index is 12.4. The number of carbonyl (C=O) groups excluding carboxylic acids is 4. The molecule has 29 heavy (non-hydrogen) atoms. The van der Waals surface area contributed by atoms with Crippen molar-refractivity contribution in [1.29, 1.82) is 0 Å². The van der Waals surface area contributed by atoms with Crippen LogP contribution in [0.15, 0.2) is 12.1 Å². The Morgan fingerprint density at radius 2 is 1.59 bits per heavy atom. The van der Waals surface area contributed by atoms with Gasteiger partial charge in [0.25, 0.3) is 11.8 Å². The first kappa shape index (κ1) is 23.5. The minimum absolute atomic E-state index is 0.00333. The summed E-state index contributed by atoms with van der Waals surface area (Å²) in [6.45, 7) is 4.34. The van der Waals surface area contributed by atoms with Crippen LogP contribution in [0.4, 0.5) is 4.79 Å². The summed E-state index contributed by atoms with van der Waals surface area (Å²) in [6, 6.07) is 1.71. The smallest absolute Gasteiger partial charge is 0.339 e. The molecule has 0 aliphatic heterocycles. The molecule has 0 aliphatic carbocycles. The molecule has 1 aromatic rings. The van der Waals surface area contributed by atoms with Crippen molar-refractivity contribution in [1.82, 2.24) is 10.6 Å². The Hall–Kier alpha value is -3.50. The van der Waals surface area contributed by atoms with Gasteiger partial charge in [-0.05, 0) is 32.9 Å². The van der Waals surface area contributed by atoms with Gasteiger partial charge in [-0.25, -0.2) is 9.59 Å². The third-order valence-electron chi connectivity index (χ3n) is 3.36. The number of amides is 4. The molecule has 0 spiro atoms. The van der Waals surface area contributed by atoms with Crippen LogP contribution in [-0.2, 0) is 14.3 Å². The lowest BCUT2D eigenvalue weighted by Gasteiger charge is -2.17. The van der Waals surface area contributed by atoms with E-state index in [1.165, 1.54) is 33.3 Å². The second-order valence-corrected chi connectivity index (χ2v) is 6.13. The third kappa shape index (κ3) is 7.20. The molecule has 0 bridgehead atoms. The molecule has 4 N–H and O–H groups in total. The molecule has 11 heteroatoms. The predicted molar refractivity (Wildman–Crippen MR) is 101 cm³/mol. The molecule has 1 aromatic carbocycles. The van der Waals surface area contributed by atoms with Crippen LogP contribution in [0.2, 0.25) is 0 Å². The highest BCUT2D eigenvalue weighted by Gasteiger charge is 2.24. The van der Waals surface area contributed by atoms with Crippen LogP contribution >= 0.6 is 0 Å². The van der Waals surface area contributed by atoms with Crippen LogP contribution < -0.4 is 30.6 Å². The summed E-state index contributed by atoms with van der Waals surface area (Å²) in [4.78, 5) is 46.9. The molecule has 160 valence electrons. The van der Waals surface area contributed by atoms with Crippen molar-refractivity contribution in [2.45, 2.75) is 32.9 Å². The molecular formula is C18H25N3O8. The fraction of sp³-hybridized carbons (Fsp3) is 0.444. The first-order chi connectivity index (χ1) is 13.6. The Bertz CT molecular complexity index is 753. The number of carbonyl (C=O) groups is 4. The van der Waals surface area contributed by atoms with E-state index in [0.717, 1.165) is 0 Å². The second-order valence-electron chi connectivity index (χ2n) is 6.13. The van der Waals surface area contributed by atoms with Gasteiger partial charge in [0.2, 0.25) is 5.75 Å². The quantitative estimate of drug-likeness (QED) is 0.492. The summed E-state index contributed by atoms with van der Waals surface area (Å²) in [5, 5.41) is 4.55. The monoisotopic (exact) mass is 411 g/mol. The average Bonchev–Trinajstić information content (AvgIpc) is 2.64. The van der Waals surface area contributed by atoms with Gasteiger partial charge in [0.15, 0.2) is 24.2 Å². The fourth-order valence-electron chi connectivity index (χ4n) is 2.08. The average molecular weight is 411 g/mol. The SMILES string of the molecule is COc1cc(C(=O)OC(C)C(=O)NC(=O)NC(C)C)cc(OC)c1OCC(N)=O. The molecule has 0 heterocycles. The number of imide groups is 1. The Balaban J connectivity index is 2.94. The van der Waals surface area contributed by atoms with E-state index in [-0.39, 0.29) is 28.9 Å². The topological polar surface area (TPSA) is 155 Å². The highest BCUT2D eigenvalue weighted by atomic mass is 16.6. The zero-order valence-corrected chi connectivity index (χ0v) is 16.9. The fourth-order valence-corrected chi connectivity index (χ4v) is 2.08. The molecule has 0 aliphatic rings. The molecule has 1 rings (SSSR count). The number of primary amides is 1. The number of nitrogens with one attached hydrogen (secondary N) is 2. The number of ether oxygens (including phenoxy) is 4. The highest BCUT2D eigenvalue weighted by molar-refractivity contribution is 5.98. The highest BCUT2D eigenvalue weighted by Crippen LogP contribution is 2.38. The maximum atomic E-state index is 12.4. The Morgan fingerprint density at radius 3 is 2.03 bits per heavy atom. The summed E-state index contributed by atoms with van der Waals surface area (Å²) in [7, 11) is 2.65. The Labute approximate surface area is 167 Å². The normalized spacial score (nSPS) is 11.2. The molecular weight excluding hydrogens is 386 g/mol. The first-order valence-corrected chi connectivity index (χ1v) is 8.58. The lowest BCUT2D eigenvalue weighted by atomic mass is 10.2. The van der Waals surface area contributed by atoms with Gasteiger partial charge in [0, 0.05) is 6.04 Å². The van der Waals surface area contributed by atoms with Crippen LogP contribution in [0, 0.1) is 0 Å². The van der Waals surface area contributed by atoms with Crippen LogP contribution in [0.1, 0.15) is 31.1 Å². The zero-order valence-electron chi connectivity index (χ0n) is 16.9. The van der Waals surface area contributed by atoms with Crippen molar-refractivity contribution in [3.8, 4) is 17.2 Å². The van der Waals surface area contributed by atoms with Gasteiger partial charge in [0.05, 0.1) is 19.8 Å². The molecule has 0 saturated heterocycles. The van der Waals surface area contributed by atoms with Gasteiger partial charge < -0.3 is 30.0 Å². The molecule has 1 atom stereocenters. The number of esters is 1. The van der Waals surface area contributed by atoms with E-state index in [4.69, 9.17) is 24.7 Å². The van der Waals surface area contributed by atoms with Crippen molar-refractivity contribution < 1.29 is 38.1 Å². The summed E-state index contributed by atoms with van der Waals surface area (Å²) in [6.07, 6.45) is -1.25. The largest absolute Gasteiger partial charge is 0.493 e. The maximum Gasteiger partial charge on any atom is 0.339 e. The third-order valence-corrected chi connectivity index (χ3v) is 3.36. The number of rotatable bonds is 9. The van der Waals surface area contributed by atoms with Gasteiger partial charge >= 0.3 is 12.0 Å². The standard InChI is InChI=1S/C18H25N3O8/c1-9(2)20-18(25)21-16(23)10(3)29-17(24)11-6-12(26-4)15(13(7-11)27-5)28-8-14(19)22/h6-7,9-10H,8H2,1-5H3,(H2,19,22)(H2,20,21,23,25). The number of nitrogens with two attached hydrogens (primary N) is 1.